The zero-order valence-corrected chi connectivity index (χ0v) is 12.7. The quantitative estimate of drug-likeness (QED) is 0.864. The maximum absolute atomic E-state index is 12.3. The predicted molar refractivity (Wildman–Crippen MR) is 81.0 cm³/mol. The van der Waals surface area contributed by atoms with Gasteiger partial charge in [-0.3, -0.25) is 4.79 Å². The van der Waals surface area contributed by atoms with Crippen molar-refractivity contribution in [3.63, 3.8) is 0 Å². The number of benzene rings is 1. The van der Waals surface area contributed by atoms with Crippen molar-refractivity contribution in [3.8, 4) is 5.75 Å². The SMILES string of the molecule is COc1ccccc1CN(CC1CCCO1)C(=O)[C@@H](C)N. The molecule has 1 aromatic rings. The van der Waals surface area contributed by atoms with Crippen LogP contribution in [0.4, 0.5) is 0 Å². The summed E-state index contributed by atoms with van der Waals surface area (Å²) < 4.78 is 11.0. The lowest BCUT2D eigenvalue weighted by Crippen LogP contribution is -2.44. The Bertz CT molecular complexity index is 470. The van der Waals surface area contributed by atoms with Gasteiger partial charge in [-0.2, -0.15) is 0 Å². The average molecular weight is 292 g/mol. The first kappa shape index (κ1) is 15.8. The zero-order chi connectivity index (χ0) is 15.2. The molecule has 5 nitrogen and oxygen atoms in total. The number of ether oxygens (including phenoxy) is 2. The lowest BCUT2D eigenvalue weighted by atomic mass is 10.1. The van der Waals surface area contributed by atoms with Crippen molar-refractivity contribution >= 4 is 5.91 Å². The second-order valence-corrected chi connectivity index (χ2v) is 5.45. The number of rotatable bonds is 6. The van der Waals surface area contributed by atoms with Crippen molar-refractivity contribution < 1.29 is 14.3 Å². The highest BCUT2D eigenvalue weighted by atomic mass is 16.5. The van der Waals surface area contributed by atoms with E-state index in [1.165, 1.54) is 0 Å². The summed E-state index contributed by atoms with van der Waals surface area (Å²) in [5.74, 6) is 0.726. The standard InChI is InChI=1S/C16H24N2O3/c1-12(17)16(19)18(11-14-7-5-9-21-14)10-13-6-3-4-8-15(13)20-2/h3-4,6,8,12,14H,5,7,9-11,17H2,1-2H3/t12-,14?/m1/s1. The topological polar surface area (TPSA) is 64.8 Å². The maximum Gasteiger partial charge on any atom is 0.239 e. The summed E-state index contributed by atoms with van der Waals surface area (Å²) in [7, 11) is 1.64. The first-order valence-corrected chi connectivity index (χ1v) is 7.39. The Morgan fingerprint density at radius 1 is 1.52 bits per heavy atom. The van der Waals surface area contributed by atoms with Crippen LogP contribution in [0.2, 0.25) is 0 Å². The number of nitrogens with two attached hydrogens (primary N) is 1. The number of methoxy groups -OCH3 is 1. The van der Waals surface area contributed by atoms with E-state index in [1.54, 1.807) is 18.9 Å². The predicted octanol–water partition coefficient (Wildman–Crippen LogP) is 1.55. The van der Waals surface area contributed by atoms with E-state index in [0.29, 0.717) is 13.1 Å². The van der Waals surface area contributed by atoms with E-state index in [1.807, 2.05) is 24.3 Å². The van der Waals surface area contributed by atoms with Gasteiger partial charge in [0.25, 0.3) is 0 Å². The molecule has 2 rings (SSSR count). The van der Waals surface area contributed by atoms with E-state index >= 15 is 0 Å². The summed E-state index contributed by atoms with van der Waals surface area (Å²) in [4.78, 5) is 14.1. The van der Waals surface area contributed by atoms with Gasteiger partial charge in [0.1, 0.15) is 5.75 Å². The monoisotopic (exact) mass is 292 g/mol. The van der Waals surface area contributed by atoms with Gasteiger partial charge in [0.15, 0.2) is 0 Å². The molecule has 1 aliphatic rings. The van der Waals surface area contributed by atoms with Gasteiger partial charge >= 0.3 is 0 Å². The third kappa shape index (κ3) is 4.19. The highest BCUT2D eigenvalue weighted by Crippen LogP contribution is 2.21. The summed E-state index contributed by atoms with van der Waals surface area (Å²) in [6.07, 6.45) is 2.16. The Kier molecular flexibility index (Phi) is 5.59. The summed E-state index contributed by atoms with van der Waals surface area (Å²) in [5.41, 5.74) is 6.75. The molecule has 1 heterocycles. The van der Waals surface area contributed by atoms with E-state index < -0.39 is 6.04 Å². The first-order chi connectivity index (χ1) is 10.1. The van der Waals surface area contributed by atoms with Gasteiger partial charge in [0.05, 0.1) is 19.3 Å². The summed E-state index contributed by atoms with van der Waals surface area (Å²) in [6, 6.07) is 7.21. The number of amides is 1. The second kappa shape index (κ2) is 7.43. The fourth-order valence-electron chi connectivity index (χ4n) is 2.59. The van der Waals surface area contributed by atoms with Gasteiger partial charge in [0.2, 0.25) is 5.91 Å². The van der Waals surface area contributed by atoms with Crippen LogP contribution in [-0.4, -0.2) is 43.2 Å². The van der Waals surface area contributed by atoms with Crippen LogP contribution in [-0.2, 0) is 16.1 Å². The molecule has 2 N–H and O–H groups in total. The van der Waals surface area contributed by atoms with Gasteiger partial charge in [-0.25, -0.2) is 0 Å². The molecule has 0 aliphatic carbocycles. The molecule has 1 fully saturated rings. The summed E-state index contributed by atoms with van der Waals surface area (Å²) in [6.45, 7) is 3.56. The molecule has 1 amide bonds. The molecule has 1 saturated heterocycles. The number of carbonyl (C=O) groups excluding carboxylic acids is 1. The fraction of sp³-hybridized carbons (Fsp3) is 0.562. The van der Waals surface area contributed by atoms with E-state index in [0.717, 1.165) is 30.8 Å². The van der Waals surface area contributed by atoms with Crippen LogP contribution >= 0.6 is 0 Å². The minimum atomic E-state index is -0.513. The van der Waals surface area contributed by atoms with Crippen LogP contribution in [0.3, 0.4) is 0 Å². The largest absolute Gasteiger partial charge is 0.496 e. The number of nitrogens with zero attached hydrogens (tertiary/aromatic N) is 1. The molecule has 0 bridgehead atoms. The second-order valence-electron chi connectivity index (χ2n) is 5.45. The maximum atomic E-state index is 12.3. The van der Waals surface area contributed by atoms with Crippen LogP contribution in [0.5, 0.6) is 5.75 Å². The molecular formula is C16H24N2O3. The Labute approximate surface area is 126 Å². The summed E-state index contributed by atoms with van der Waals surface area (Å²) >= 11 is 0. The van der Waals surface area contributed by atoms with Gasteiger partial charge in [-0.15, -0.1) is 0 Å². The first-order valence-electron chi connectivity index (χ1n) is 7.39. The number of hydrogen-bond acceptors (Lipinski definition) is 4. The molecule has 1 unspecified atom stereocenters. The van der Waals surface area contributed by atoms with E-state index in [4.69, 9.17) is 15.2 Å². The fourth-order valence-corrected chi connectivity index (χ4v) is 2.59. The van der Waals surface area contributed by atoms with Gasteiger partial charge in [-0.05, 0) is 25.8 Å². The Morgan fingerprint density at radius 2 is 2.29 bits per heavy atom. The van der Waals surface area contributed by atoms with Gasteiger partial charge < -0.3 is 20.1 Å². The minimum Gasteiger partial charge on any atom is -0.496 e. The molecule has 5 heteroatoms. The van der Waals surface area contributed by atoms with E-state index in [9.17, 15) is 4.79 Å². The summed E-state index contributed by atoms with van der Waals surface area (Å²) in [5, 5.41) is 0. The van der Waals surface area contributed by atoms with Crippen molar-refractivity contribution in [2.75, 3.05) is 20.3 Å². The van der Waals surface area contributed by atoms with Crippen molar-refractivity contribution in [2.24, 2.45) is 5.73 Å². The van der Waals surface area contributed by atoms with Crippen molar-refractivity contribution in [3.05, 3.63) is 29.8 Å². The van der Waals surface area contributed by atoms with Crippen LogP contribution in [0.15, 0.2) is 24.3 Å². The van der Waals surface area contributed by atoms with E-state index in [2.05, 4.69) is 0 Å². The Balaban J connectivity index is 2.12. The normalized spacial score (nSPS) is 19.3. The van der Waals surface area contributed by atoms with Crippen molar-refractivity contribution in [1.29, 1.82) is 0 Å². The molecule has 1 aliphatic heterocycles. The average Bonchev–Trinajstić information content (AvgIpc) is 2.99. The minimum absolute atomic E-state index is 0.0589. The van der Waals surface area contributed by atoms with Gasteiger partial charge in [0, 0.05) is 25.3 Å². The Morgan fingerprint density at radius 3 is 2.90 bits per heavy atom. The van der Waals surface area contributed by atoms with Crippen molar-refractivity contribution in [2.45, 2.75) is 38.5 Å². The molecule has 1 aromatic carbocycles. The van der Waals surface area contributed by atoms with Gasteiger partial charge in [-0.1, -0.05) is 18.2 Å². The molecule has 21 heavy (non-hydrogen) atoms. The van der Waals surface area contributed by atoms with E-state index in [-0.39, 0.29) is 12.0 Å². The van der Waals surface area contributed by atoms with Crippen LogP contribution in [0, 0.1) is 0 Å². The number of hydrogen-bond donors (Lipinski definition) is 1. The third-order valence-corrected chi connectivity index (χ3v) is 3.70. The highest BCUT2D eigenvalue weighted by Gasteiger charge is 2.25. The molecule has 2 atom stereocenters. The number of para-hydroxylation sites is 1. The Hall–Kier alpha value is -1.59. The lowest BCUT2D eigenvalue weighted by molar-refractivity contribution is -0.134. The van der Waals surface area contributed by atoms with Crippen LogP contribution in [0.25, 0.3) is 0 Å². The molecular weight excluding hydrogens is 268 g/mol. The number of carbonyl (C=O) groups is 1. The molecule has 116 valence electrons. The highest BCUT2D eigenvalue weighted by molar-refractivity contribution is 5.81. The van der Waals surface area contributed by atoms with Crippen LogP contribution in [0.1, 0.15) is 25.3 Å². The molecule has 0 aromatic heterocycles. The lowest BCUT2D eigenvalue weighted by Gasteiger charge is -2.27. The smallest absolute Gasteiger partial charge is 0.239 e. The third-order valence-electron chi connectivity index (χ3n) is 3.70. The van der Waals surface area contributed by atoms with Crippen molar-refractivity contribution in [1.82, 2.24) is 4.90 Å². The van der Waals surface area contributed by atoms with Crippen LogP contribution < -0.4 is 10.5 Å². The molecule has 0 spiro atoms. The molecule has 0 saturated carbocycles. The zero-order valence-electron chi connectivity index (χ0n) is 12.7. The molecule has 0 radical (unpaired) electrons.